The Labute approximate surface area is 107 Å². The zero-order valence-corrected chi connectivity index (χ0v) is 10.6. The van der Waals surface area contributed by atoms with Gasteiger partial charge in [-0.15, -0.1) is 0 Å². The number of carbonyl (C=O) groups excluding carboxylic acids is 1. The molecule has 1 fully saturated rings. The van der Waals surface area contributed by atoms with Gasteiger partial charge >= 0.3 is 5.97 Å². The first-order valence-corrected chi connectivity index (χ1v) is 6.29. The van der Waals surface area contributed by atoms with Crippen LogP contribution in [-0.4, -0.2) is 37.7 Å². The van der Waals surface area contributed by atoms with E-state index in [2.05, 4.69) is 15.6 Å². The number of nitrogens with one attached hydrogen (secondary N) is 2. The van der Waals surface area contributed by atoms with Gasteiger partial charge in [0.25, 0.3) is 0 Å². The Balaban J connectivity index is 1.97. The monoisotopic (exact) mass is 249 g/mol. The average Bonchev–Trinajstić information content (AvgIpc) is 2.45. The van der Waals surface area contributed by atoms with Gasteiger partial charge in [0, 0.05) is 12.7 Å². The summed E-state index contributed by atoms with van der Waals surface area (Å²) < 4.78 is 4.74. The maximum atomic E-state index is 11.6. The zero-order valence-electron chi connectivity index (χ0n) is 10.6. The molecule has 0 radical (unpaired) electrons. The molecule has 2 rings (SSSR count). The molecule has 2 heterocycles. The van der Waals surface area contributed by atoms with Crippen molar-refractivity contribution in [2.24, 2.45) is 5.92 Å². The first-order valence-electron chi connectivity index (χ1n) is 6.29. The Bertz CT molecular complexity index is 403. The molecule has 1 aromatic rings. The van der Waals surface area contributed by atoms with Crippen LogP contribution in [0.3, 0.4) is 0 Å². The van der Waals surface area contributed by atoms with Crippen molar-refractivity contribution in [3.63, 3.8) is 0 Å². The summed E-state index contributed by atoms with van der Waals surface area (Å²) in [5.74, 6) is 0.841. The number of aromatic nitrogens is 1. The molecule has 1 aliphatic heterocycles. The predicted octanol–water partition coefficient (Wildman–Crippen LogP) is 1.28. The molecule has 5 heteroatoms. The van der Waals surface area contributed by atoms with E-state index in [-0.39, 0.29) is 5.97 Å². The van der Waals surface area contributed by atoms with Crippen molar-refractivity contribution < 1.29 is 9.53 Å². The standard InChI is InChI=1S/C13H19N3O2/c1-18-13(17)11-5-3-7-15-12(11)16-9-10-4-2-6-14-8-10/h3,5,7,10,14H,2,4,6,8-9H2,1H3,(H,15,16). The van der Waals surface area contributed by atoms with Crippen molar-refractivity contribution in [2.75, 3.05) is 32.1 Å². The number of ether oxygens (including phenoxy) is 1. The van der Waals surface area contributed by atoms with Crippen LogP contribution in [0.5, 0.6) is 0 Å². The van der Waals surface area contributed by atoms with Crippen LogP contribution >= 0.6 is 0 Å². The molecule has 2 N–H and O–H groups in total. The highest BCUT2D eigenvalue weighted by Crippen LogP contribution is 2.15. The lowest BCUT2D eigenvalue weighted by Gasteiger charge is -2.23. The fourth-order valence-electron chi connectivity index (χ4n) is 2.16. The SMILES string of the molecule is COC(=O)c1cccnc1NCC1CCCNC1. The number of methoxy groups -OCH3 is 1. The molecule has 98 valence electrons. The summed E-state index contributed by atoms with van der Waals surface area (Å²) >= 11 is 0. The van der Waals surface area contributed by atoms with Crippen LogP contribution in [0.15, 0.2) is 18.3 Å². The molecule has 0 saturated carbocycles. The van der Waals surface area contributed by atoms with Crippen molar-refractivity contribution in [1.82, 2.24) is 10.3 Å². The molecule has 5 nitrogen and oxygen atoms in total. The van der Waals surface area contributed by atoms with Crippen LogP contribution in [0.1, 0.15) is 23.2 Å². The number of esters is 1. The van der Waals surface area contributed by atoms with Gasteiger partial charge in [0.2, 0.25) is 0 Å². The number of piperidine rings is 1. The number of carbonyl (C=O) groups is 1. The summed E-state index contributed by atoms with van der Waals surface area (Å²) in [5, 5.41) is 6.61. The second kappa shape index (κ2) is 6.35. The van der Waals surface area contributed by atoms with Gasteiger partial charge < -0.3 is 15.4 Å². The first kappa shape index (κ1) is 12.8. The van der Waals surface area contributed by atoms with E-state index in [1.165, 1.54) is 20.0 Å². The average molecular weight is 249 g/mol. The van der Waals surface area contributed by atoms with Crippen LogP contribution in [-0.2, 0) is 4.74 Å². The third kappa shape index (κ3) is 3.20. The third-order valence-electron chi connectivity index (χ3n) is 3.17. The van der Waals surface area contributed by atoms with E-state index in [0.717, 1.165) is 19.6 Å². The fourth-order valence-corrected chi connectivity index (χ4v) is 2.16. The topological polar surface area (TPSA) is 63.2 Å². The smallest absolute Gasteiger partial charge is 0.341 e. The van der Waals surface area contributed by atoms with E-state index < -0.39 is 0 Å². The van der Waals surface area contributed by atoms with Gasteiger partial charge in [-0.2, -0.15) is 0 Å². The summed E-state index contributed by atoms with van der Waals surface area (Å²) in [6.45, 7) is 2.95. The lowest BCUT2D eigenvalue weighted by molar-refractivity contribution is 0.0601. The predicted molar refractivity (Wildman–Crippen MR) is 69.7 cm³/mol. The van der Waals surface area contributed by atoms with Crippen molar-refractivity contribution in [2.45, 2.75) is 12.8 Å². The highest BCUT2D eigenvalue weighted by molar-refractivity contribution is 5.94. The van der Waals surface area contributed by atoms with Crippen LogP contribution in [0.2, 0.25) is 0 Å². The van der Waals surface area contributed by atoms with Crippen LogP contribution in [0.4, 0.5) is 5.82 Å². The first-order chi connectivity index (χ1) is 8.81. The molecule has 0 aromatic carbocycles. The van der Waals surface area contributed by atoms with Gasteiger partial charge in [0.15, 0.2) is 0 Å². The summed E-state index contributed by atoms with van der Waals surface area (Å²) in [4.78, 5) is 15.8. The minimum absolute atomic E-state index is 0.354. The highest BCUT2D eigenvalue weighted by Gasteiger charge is 2.16. The molecular weight excluding hydrogens is 230 g/mol. The van der Waals surface area contributed by atoms with E-state index >= 15 is 0 Å². The summed E-state index contributed by atoms with van der Waals surface area (Å²) in [7, 11) is 1.38. The minimum Gasteiger partial charge on any atom is -0.465 e. The number of rotatable bonds is 4. The molecule has 1 atom stereocenters. The van der Waals surface area contributed by atoms with E-state index in [1.807, 2.05) is 0 Å². The van der Waals surface area contributed by atoms with Crippen LogP contribution < -0.4 is 10.6 Å². The quantitative estimate of drug-likeness (QED) is 0.787. The van der Waals surface area contributed by atoms with Gasteiger partial charge in [-0.3, -0.25) is 0 Å². The molecule has 0 aliphatic carbocycles. The van der Waals surface area contributed by atoms with E-state index in [0.29, 0.717) is 17.3 Å². The zero-order chi connectivity index (χ0) is 12.8. The number of hydrogen-bond donors (Lipinski definition) is 2. The number of hydrogen-bond acceptors (Lipinski definition) is 5. The lowest BCUT2D eigenvalue weighted by atomic mass is 10.00. The molecule has 1 unspecified atom stereocenters. The van der Waals surface area contributed by atoms with Gasteiger partial charge in [0.05, 0.1) is 7.11 Å². The Morgan fingerprint density at radius 3 is 3.28 bits per heavy atom. The Kier molecular flexibility index (Phi) is 4.52. The van der Waals surface area contributed by atoms with Crippen molar-refractivity contribution >= 4 is 11.8 Å². The molecule has 1 saturated heterocycles. The molecule has 0 amide bonds. The maximum Gasteiger partial charge on any atom is 0.341 e. The van der Waals surface area contributed by atoms with Gasteiger partial charge in [-0.25, -0.2) is 9.78 Å². The van der Waals surface area contributed by atoms with E-state index in [1.54, 1.807) is 18.3 Å². The molecule has 18 heavy (non-hydrogen) atoms. The highest BCUT2D eigenvalue weighted by atomic mass is 16.5. The van der Waals surface area contributed by atoms with Crippen molar-refractivity contribution in [3.8, 4) is 0 Å². The lowest BCUT2D eigenvalue weighted by Crippen LogP contribution is -2.33. The number of pyridine rings is 1. The molecular formula is C13H19N3O2. The largest absolute Gasteiger partial charge is 0.465 e. The molecule has 1 aliphatic rings. The summed E-state index contributed by atoms with van der Waals surface area (Å²) in [6, 6.07) is 3.46. The fraction of sp³-hybridized carbons (Fsp3) is 0.538. The van der Waals surface area contributed by atoms with Gasteiger partial charge in [-0.1, -0.05) is 0 Å². The summed E-state index contributed by atoms with van der Waals surface area (Å²) in [6.07, 6.45) is 4.09. The minimum atomic E-state index is -0.354. The van der Waals surface area contributed by atoms with Crippen LogP contribution in [0, 0.1) is 5.92 Å². The second-order valence-electron chi connectivity index (χ2n) is 4.48. The maximum absolute atomic E-state index is 11.6. The number of anilines is 1. The third-order valence-corrected chi connectivity index (χ3v) is 3.17. The van der Waals surface area contributed by atoms with Crippen LogP contribution in [0.25, 0.3) is 0 Å². The van der Waals surface area contributed by atoms with Gasteiger partial charge in [0.1, 0.15) is 11.4 Å². The normalized spacial score (nSPS) is 19.3. The van der Waals surface area contributed by atoms with Crippen molar-refractivity contribution in [3.05, 3.63) is 23.9 Å². The second-order valence-corrected chi connectivity index (χ2v) is 4.48. The number of nitrogens with zero attached hydrogens (tertiary/aromatic N) is 1. The Morgan fingerprint density at radius 2 is 2.56 bits per heavy atom. The van der Waals surface area contributed by atoms with E-state index in [9.17, 15) is 4.79 Å². The Morgan fingerprint density at radius 1 is 1.67 bits per heavy atom. The van der Waals surface area contributed by atoms with E-state index in [4.69, 9.17) is 4.74 Å². The molecule has 1 aromatic heterocycles. The summed E-state index contributed by atoms with van der Waals surface area (Å²) in [5.41, 5.74) is 0.490. The molecule has 0 spiro atoms. The van der Waals surface area contributed by atoms with Crippen molar-refractivity contribution in [1.29, 1.82) is 0 Å². The van der Waals surface area contributed by atoms with Gasteiger partial charge in [-0.05, 0) is 44.0 Å². The Hall–Kier alpha value is -1.62. The molecule has 0 bridgehead atoms.